The first kappa shape index (κ1) is 25.1. The van der Waals surface area contributed by atoms with Crippen LogP contribution in [-0.4, -0.2) is 50.7 Å². The molecular weight excluding hydrogens is 482 g/mol. The maximum Gasteiger partial charge on any atom is 0.325 e. The Hall–Kier alpha value is -3.99. The highest BCUT2D eigenvalue weighted by molar-refractivity contribution is 7.80. The maximum absolute atomic E-state index is 12.5. The first-order valence-electron chi connectivity index (χ1n) is 11.4. The molecule has 3 aromatic rings. The molecule has 0 radical (unpaired) electrons. The molecule has 0 amide bonds. The van der Waals surface area contributed by atoms with Crippen LogP contribution in [0.2, 0.25) is 0 Å². The Balaban J connectivity index is 1.84. The van der Waals surface area contributed by atoms with Crippen LogP contribution >= 0.6 is 12.2 Å². The van der Waals surface area contributed by atoms with Crippen molar-refractivity contribution in [3.8, 4) is 11.4 Å². The number of esters is 1. The number of nitrogens with zero attached hydrogens (tertiary/aromatic N) is 4. The number of pyridine rings is 1. The minimum absolute atomic E-state index is 0.0157. The van der Waals surface area contributed by atoms with Crippen LogP contribution in [0, 0.1) is 24.0 Å². The normalized spacial score (nSPS) is 17.1. The Bertz CT molecular complexity index is 1310. The Kier molecular flexibility index (Phi) is 7.20. The minimum Gasteiger partial charge on any atom is -0.494 e. The van der Waals surface area contributed by atoms with E-state index in [0.717, 1.165) is 22.6 Å². The summed E-state index contributed by atoms with van der Waals surface area (Å²) in [5.74, 6) is 0.00133. The number of nitrogens with one attached hydrogen (secondary N) is 1. The lowest BCUT2D eigenvalue weighted by molar-refractivity contribution is -0.384. The van der Waals surface area contributed by atoms with Crippen molar-refractivity contribution in [2.24, 2.45) is 0 Å². The zero-order chi connectivity index (χ0) is 26.0. The summed E-state index contributed by atoms with van der Waals surface area (Å²) in [5.41, 5.74) is 4.10. The number of nitro benzene ring substituents is 1. The fourth-order valence-corrected chi connectivity index (χ4v) is 4.99. The molecule has 1 aliphatic heterocycles. The van der Waals surface area contributed by atoms with E-state index in [1.807, 2.05) is 47.6 Å². The number of benzene rings is 1. The van der Waals surface area contributed by atoms with Crippen molar-refractivity contribution >= 4 is 29.0 Å². The second-order valence-corrected chi connectivity index (χ2v) is 8.72. The molecule has 0 spiro atoms. The SMILES string of the molecule is CCOC(=O)CN1C(=S)N[C@@H](c2ccccn2)[C@H]1c1cc(C)n(-c2ccc([N+](=O)[O-])cc2OC)c1C. The zero-order valence-corrected chi connectivity index (χ0v) is 21.2. The molecule has 0 unspecified atom stereocenters. The van der Waals surface area contributed by atoms with Crippen molar-refractivity contribution in [1.82, 2.24) is 19.8 Å². The van der Waals surface area contributed by atoms with Gasteiger partial charge in [-0.2, -0.15) is 0 Å². The number of nitro groups is 1. The van der Waals surface area contributed by atoms with Gasteiger partial charge in [0, 0.05) is 23.7 Å². The average molecular weight is 510 g/mol. The largest absolute Gasteiger partial charge is 0.494 e. The highest BCUT2D eigenvalue weighted by Crippen LogP contribution is 2.42. The number of aromatic nitrogens is 2. The van der Waals surface area contributed by atoms with Gasteiger partial charge in [-0.05, 0) is 62.8 Å². The monoisotopic (exact) mass is 509 g/mol. The highest BCUT2D eigenvalue weighted by Gasteiger charge is 2.42. The molecule has 4 rings (SSSR count). The van der Waals surface area contributed by atoms with Crippen molar-refractivity contribution in [2.45, 2.75) is 32.9 Å². The van der Waals surface area contributed by atoms with E-state index in [2.05, 4.69) is 10.3 Å². The lowest BCUT2D eigenvalue weighted by atomic mass is 9.97. The number of rotatable bonds is 8. The van der Waals surface area contributed by atoms with Gasteiger partial charge in [0.15, 0.2) is 5.11 Å². The van der Waals surface area contributed by atoms with Gasteiger partial charge in [-0.15, -0.1) is 0 Å². The number of thiocarbonyl (C=S) groups is 1. The van der Waals surface area contributed by atoms with Gasteiger partial charge < -0.3 is 24.3 Å². The summed E-state index contributed by atoms with van der Waals surface area (Å²) in [6, 6.07) is 11.6. The van der Waals surface area contributed by atoms with Gasteiger partial charge in [0.1, 0.15) is 12.3 Å². The van der Waals surface area contributed by atoms with Crippen molar-refractivity contribution < 1.29 is 19.2 Å². The summed E-state index contributed by atoms with van der Waals surface area (Å²) in [4.78, 5) is 29.7. The van der Waals surface area contributed by atoms with Crippen LogP contribution in [0.5, 0.6) is 5.75 Å². The summed E-state index contributed by atoms with van der Waals surface area (Å²) in [6.07, 6.45) is 1.72. The molecular formula is C25H27N5O5S. The quantitative estimate of drug-likeness (QED) is 0.209. The Labute approximate surface area is 214 Å². The smallest absolute Gasteiger partial charge is 0.325 e. The van der Waals surface area contributed by atoms with Gasteiger partial charge in [0.25, 0.3) is 5.69 Å². The third-order valence-corrected chi connectivity index (χ3v) is 6.56. The predicted molar refractivity (Wildman–Crippen MR) is 137 cm³/mol. The van der Waals surface area contributed by atoms with E-state index in [9.17, 15) is 14.9 Å². The molecule has 188 valence electrons. The summed E-state index contributed by atoms with van der Waals surface area (Å²) < 4.78 is 12.7. The van der Waals surface area contributed by atoms with E-state index in [0.29, 0.717) is 16.5 Å². The molecule has 2 aromatic heterocycles. The van der Waals surface area contributed by atoms with Crippen LogP contribution in [0.25, 0.3) is 5.69 Å². The number of non-ortho nitro benzene ring substituents is 1. The van der Waals surface area contributed by atoms with Crippen LogP contribution in [0.3, 0.4) is 0 Å². The third kappa shape index (κ3) is 4.61. The predicted octanol–water partition coefficient (Wildman–Crippen LogP) is 3.94. The van der Waals surface area contributed by atoms with Gasteiger partial charge in [-0.3, -0.25) is 19.9 Å². The highest BCUT2D eigenvalue weighted by atomic mass is 32.1. The molecule has 1 saturated heterocycles. The van der Waals surface area contributed by atoms with Crippen molar-refractivity contribution in [1.29, 1.82) is 0 Å². The Morgan fingerprint density at radius 2 is 2.03 bits per heavy atom. The molecule has 11 heteroatoms. The molecule has 0 saturated carbocycles. The van der Waals surface area contributed by atoms with Gasteiger partial charge in [-0.1, -0.05) is 6.07 Å². The molecule has 2 atom stereocenters. The average Bonchev–Trinajstić information content (AvgIpc) is 3.34. The number of ether oxygens (including phenoxy) is 2. The molecule has 1 aromatic carbocycles. The number of carbonyl (C=O) groups is 1. The first-order valence-corrected chi connectivity index (χ1v) is 11.8. The second-order valence-electron chi connectivity index (χ2n) is 8.33. The van der Waals surface area contributed by atoms with E-state index < -0.39 is 4.92 Å². The summed E-state index contributed by atoms with van der Waals surface area (Å²) >= 11 is 5.64. The fourth-order valence-electron chi connectivity index (χ4n) is 4.68. The Morgan fingerprint density at radius 3 is 2.67 bits per heavy atom. The standard InChI is InChI=1S/C25H27N5O5S/c1-5-35-22(31)14-28-24(23(27-25(28)36)19-8-6-7-11-26-19)18-12-15(2)29(16(18)3)20-10-9-17(30(32)33)13-21(20)34-4/h6-13,23-24H,5,14H2,1-4H3,(H,27,36)/t23-,24+/m0/s1. The Morgan fingerprint density at radius 1 is 1.25 bits per heavy atom. The van der Waals surface area contributed by atoms with E-state index in [-0.39, 0.29) is 36.9 Å². The van der Waals surface area contributed by atoms with Gasteiger partial charge >= 0.3 is 5.97 Å². The first-order chi connectivity index (χ1) is 17.3. The van der Waals surface area contributed by atoms with Crippen molar-refractivity contribution in [3.63, 3.8) is 0 Å². The minimum atomic E-state index is -0.455. The molecule has 1 N–H and O–H groups in total. The molecule has 36 heavy (non-hydrogen) atoms. The van der Waals surface area contributed by atoms with E-state index in [1.165, 1.54) is 19.2 Å². The summed E-state index contributed by atoms with van der Waals surface area (Å²) in [7, 11) is 1.48. The van der Waals surface area contributed by atoms with Crippen LogP contribution in [0.15, 0.2) is 48.7 Å². The van der Waals surface area contributed by atoms with Gasteiger partial charge in [0.2, 0.25) is 0 Å². The second kappa shape index (κ2) is 10.3. The molecule has 3 heterocycles. The zero-order valence-electron chi connectivity index (χ0n) is 20.4. The summed E-state index contributed by atoms with van der Waals surface area (Å²) in [5, 5.41) is 15.0. The van der Waals surface area contributed by atoms with Crippen LogP contribution in [0.1, 0.15) is 41.7 Å². The van der Waals surface area contributed by atoms with Gasteiger partial charge in [-0.25, -0.2) is 0 Å². The van der Waals surface area contributed by atoms with Gasteiger partial charge in [0.05, 0.1) is 48.2 Å². The molecule has 0 bridgehead atoms. The molecule has 1 aliphatic rings. The molecule has 1 fully saturated rings. The number of hydrogen-bond acceptors (Lipinski definition) is 7. The third-order valence-electron chi connectivity index (χ3n) is 6.21. The van der Waals surface area contributed by atoms with Crippen molar-refractivity contribution in [3.05, 3.63) is 81.4 Å². The molecule has 0 aliphatic carbocycles. The van der Waals surface area contributed by atoms with Crippen LogP contribution in [-0.2, 0) is 9.53 Å². The van der Waals surface area contributed by atoms with Crippen molar-refractivity contribution in [2.75, 3.05) is 20.3 Å². The van der Waals surface area contributed by atoms with E-state index >= 15 is 0 Å². The number of methoxy groups -OCH3 is 1. The topological polar surface area (TPSA) is 112 Å². The lowest BCUT2D eigenvalue weighted by Crippen LogP contribution is -2.35. The number of carbonyl (C=O) groups excluding carboxylic acids is 1. The number of aryl methyl sites for hydroxylation is 1. The van der Waals surface area contributed by atoms with Crippen LogP contribution in [0.4, 0.5) is 5.69 Å². The van der Waals surface area contributed by atoms with E-state index in [4.69, 9.17) is 21.7 Å². The lowest BCUT2D eigenvalue weighted by Gasteiger charge is -2.27. The van der Waals surface area contributed by atoms with Crippen LogP contribution < -0.4 is 10.1 Å². The fraction of sp³-hybridized carbons (Fsp3) is 0.320. The molecule has 10 nitrogen and oxygen atoms in total. The summed E-state index contributed by atoms with van der Waals surface area (Å²) in [6.45, 7) is 5.93. The number of hydrogen-bond donors (Lipinski definition) is 1. The van der Waals surface area contributed by atoms with E-state index in [1.54, 1.807) is 19.2 Å². The maximum atomic E-state index is 12.5.